The molecule has 0 atom stereocenters. The zero-order chi connectivity index (χ0) is 19.7. The van der Waals surface area contributed by atoms with E-state index in [2.05, 4.69) is 0 Å². The minimum atomic E-state index is -6.40. The van der Waals surface area contributed by atoms with Crippen LogP contribution in [0.3, 0.4) is 0 Å². The lowest BCUT2D eigenvalue weighted by atomic mass is 10.5. The van der Waals surface area contributed by atoms with E-state index in [4.69, 9.17) is 0 Å². The highest BCUT2D eigenvalue weighted by molar-refractivity contribution is 7.91. The number of sulfonamides is 2. The zero-order valence-electron chi connectivity index (χ0n) is 11.8. The molecule has 0 spiro atoms. The van der Waals surface area contributed by atoms with Crippen molar-refractivity contribution in [1.82, 2.24) is 8.61 Å². The van der Waals surface area contributed by atoms with Gasteiger partial charge in [0.1, 0.15) is 0 Å². The second-order valence-corrected chi connectivity index (χ2v) is 7.55. The summed E-state index contributed by atoms with van der Waals surface area (Å²) in [4.78, 5) is 23.1. The molecule has 0 fully saturated rings. The van der Waals surface area contributed by atoms with Crippen molar-refractivity contribution in [3.05, 3.63) is 0 Å². The average Bonchev–Trinajstić information content (AvgIpc) is 2.36. The van der Waals surface area contributed by atoms with Crippen molar-refractivity contribution in [2.24, 2.45) is 0 Å². The lowest BCUT2D eigenvalue weighted by Gasteiger charge is -2.25. The first-order valence-electron chi connectivity index (χ1n) is 5.73. The standard InChI is InChI=1S/C8H10F6N2O6S2/c1-3-15(23(19,20)7(9,10)11)5(17)6(18)16(4-2)24(21,22)8(12,13)14/h3-4H2,1-2H3. The summed E-state index contributed by atoms with van der Waals surface area (Å²) in [5.41, 5.74) is -12.1. The van der Waals surface area contributed by atoms with E-state index >= 15 is 0 Å². The van der Waals surface area contributed by atoms with E-state index < -0.39 is 64.6 Å². The molecule has 0 radical (unpaired) electrons. The fourth-order valence-electron chi connectivity index (χ4n) is 1.31. The summed E-state index contributed by atoms with van der Waals surface area (Å²) < 4.78 is 117. The normalized spacial score (nSPS) is 13.5. The smallest absolute Gasteiger partial charge is 0.262 e. The first-order valence-corrected chi connectivity index (χ1v) is 8.61. The lowest BCUT2D eigenvalue weighted by Crippen LogP contribution is -2.54. The van der Waals surface area contributed by atoms with Crippen LogP contribution in [0.4, 0.5) is 26.3 Å². The van der Waals surface area contributed by atoms with Gasteiger partial charge in [0.15, 0.2) is 0 Å². The molecule has 0 aliphatic heterocycles. The molecule has 0 N–H and O–H groups in total. The Morgan fingerprint density at radius 3 is 1.04 bits per heavy atom. The van der Waals surface area contributed by atoms with E-state index in [-0.39, 0.29) is 0 Å². The monoisotopic (exact) mass is 408 g/mol. The second kappa shape index (κ2) is 6.73. The molecule has 0 aromatic heterocycles. The molecule has 24 heavy (non-hydrogen) atoms. The Labute approximate surface area is 132 Å². The van der Waals surface area contributed by atoms with E-state index in [0.29, 0.717) is 13.8 Å². The van der Waals surface area contributed by atoms with Crippen molar-refractivity contribution in [2.75, 3.05) is 13.1 Å². The number of carbonyl (C=O) groups is 2. The molecule has 0 saturated heterocycles. The Morgan fingerprint density at radius 1 is 0.708 bits per heavy atom. The van der Waals surface area contributed by atoms with Crippen LogP contribution in [0.25, 0.3) is 0 Å². The number of halogens is 6. The maximum Gasteiger partial charge on any atom is 0.516 e. The molecule has 0 bridgehead atoms. The summed E-state index contributed by atoms with van der Waals surface area (Å²) in [6.07, 6.45) is 0. The molecule has 8 nitrogen and oxygen atoms in total. The summed E-state index contributed by atoms with van der Waals surface area (Å²) in [5.74, 6) is -5.19. The van der Waals surface area contributed by atoms with Crippen LogP contribution < -0.4 is 0 Å². The Balaban J connectivity index is 6.00. The van der Waals surface area contributed by atoms with Gasteiger partial charge in [0, 0.05) is 13.1 Å². The van der Waals surface area contributed by atoms with Gasteiger partial charge in [-0.2, -0.15) is 43.2 Å². The van der Waals surface area contributed by atoms with Crippen molar-refractivity contribution >= 4 is 31.9 Å². The minimum Gasteiger partial charge on any atom is -0.262 e. The van der Waals surface area contributed by atoms with Crippen molar-refractivity contribution in [3.63, 3.8) is 0 Å². The lowest BCUT2D eigenvalue weighted by molar-refractivity contribution is -0.147. The molecule has 0 rings (SSSR count). The number of carbonyl (C=O) groups excluding carboxylic acids is 2. The predicted molar refractivity (Wildman–Crippen MR) is 64.7 cm³/mol. The van der Waals surface area contributed by atoms with Gasteiger partial charge < -0.3 is 0 Å². The van der Waals surface area contributed by atoms with Crippen LogP contribution in [0.1, 0.15) is 13.8 Å². The molecule has 16 heteroatoms. The molecule has 2 amide bonds. The quantitative estimate of drug-likeness (QED) is 0.492. The SMILES string of the molecule is CCN(C(=O)C(=O)N(CC)S(=O)(=O)C(F)(F)F)S(=O)(=O)C(F)(F)F. The maximum absolute atomic E-state index is 12.4. The molecule has 0 heterocycles. The van der Waals surface area contributed by atoms with E-state index in [1.807, 2.05) is 0 Å². The zero-order valence-corrected chi connectivity index (χ0v) is 13.5. The molecular formula is C8H10F6N2O6S2. The number of hydrogen-bond donors (Lipinski definition) is 0. The first-order chi connectivity index (χ1) is 10.5. The highest BCUT2D eigenvalue weighted by atomic mass is 32.2. The van der Waals surface area contributed by atoms with E-state index in [9.17, 15) is 52.8 Å². The highest BCUT2D eigenvalue weighted by Gasteiger charge is 2.56. The highest BCUT2D eigenvalue weighted by Crippen LogP contribution is 2.29. The molecule has 0 aromatic carbocycles. The van der Waals surface area contributed by atoms with Gasteiger partial charge >= 0.3 is 42.9 Å². The number of likely N-dealkylation sites (N-methyl/N-ethyl adjacent to an activating group) is 2. The van der Waals surface area contributed by atoms with Gasteiger partial charge in [-0.25, -0.2) is 8.61 Å². The predicted octanol–water partition coefficient (Wildman–Crippen LogP) is 0.383. The van der Waals surface area contributed by atoms with Crippen molar-refractivity contribution in [1.29, 1.82) is 0 Å². The van der Waals surface area contributed by atoms with Crippen LogP contribution in [-0.2, 0) is 29.6 Å². The average molecular weight is 408 g/mol. The number of amides is 2. The van der Waals surface area contributed by atoms with E-state index in [1.165, 1.54) is 0 Å². The number of nitrogens with zero attached hydrogens (tertiary/aromatic N) is 2. The summed E-state index contributed by atoms with van der Waals surface area (Å²) in [5, 5.41) is 0. The fraction of sp³-hybridized carbons (Fsp3) is 0.750. The largest absolute Gasteiger partial charge is 0.516 e. The molecule has 0 aromatic rings. The summed E-state index contributed by atoms with van der Waals surface area (Å²) in [6.45, 7) is -1.17. The van der Waals surface area contributed by atoms with Crippen molar-refractivity contribution in [3.8, 4) is 0 Å². The molecule has 0 aliphatic rings. The van der Waals surface area contributed by atoms with Crippen LogP contribution in [0.15, 0.2) is 0 Å². The summed E-state index contributed by atoms with van der Waals surface area (Å²) >= 11 is 0. The van der Waals surface area contributed by atoms with Crippen LogP contribution in [0.5, 0.6) is 0 Å². The Bertz CT molecular complexity index is 648. The Morgan fingerprint density at radius 2 is 0.917 bits per heavy atom. The molecule has 0 saturated carbocycles. The molecule has 0 aliphatic carbocycles. The Kier molecular flexibility index (Phi) is 6.29. The number of alkyl halides is 6. The van der Waals surface area contributed by atoms with E-state index in [0.717, 1.165) is 0 Å². The van der Waals surface area contributed by atoms with Gasteiger partial charge in [0.05, 0.1) is 0 Å². The minimum absolute atomic E-state index is 0.684. The van der Waals surface area contributed by atoms with Gasteiger partial charge in [-0.1, -0.05) is 0 Å². The fourth-order valence-corrected chi connectivity index (χ4v) is 3.08. The van der Waals surface area contributed by atoms with Gasteiger partial charge in [-0.15, -0.1) is 0 Å². The Hall–Kier alpha value is -1.58. The van der Waals surface area contributed by atoms with E-state index in [1.54, 1.807) is 0 Å². The van der Waals surface area contributed by atoms with Gasteiger partial charge in [-0.05, 0) is 13.8 Å². The van der Waals surface area contributed by atoms with Crippen LogP contribution in [0, 0.1) is 0 Å². The van der Waals surface area contributed by atoms with Crippen LogP contribution in [0.2, 0.25) is 0 Å². The van der Waals surface area contributed by atoms with Gasteiger partial charge in [0.25, 0.3) is 0 Å². The topological polar surface area (TPSA) is 109 Å². The molecule has 0 unspecified atom stereocenters. The van der Waals surface area contributed by atoms with Crippen LogP contribution >= 0.6 is 0 Å². The number of rotatable bonds is 4. The first kappa shape index (κ1) is 22.4. The van der Waals surface area contributed by atoms with Crippen molar-refractivity contribution < 1.29 is 52.8 Å². The third-order valence-corrected chi connectivity index (χ3v) is 5.55. The third kappa shape index (κ3) is 3.90. The number of hydrogen-bond acceptors (Lipinski definition) is 6. The van der Waals surface area contributed by atoms with Gasteiger partial charge in [-0.3, -0.25) is 9.59 Å². The molecular weight excluding hydrogens is 398 g/mol. The summed E-state index contributed by atoms with van der Waals surface area (Å²) in [6, 6.07) is 0. The second-order valence-electron chi connectivity index (χ2n) is 3.84. The van der Waals surface area contributed by atoms with Crippen LogP contribution in [-0.4, -0.2) is 61.4 Å². The van der Waals surface area contributed by atoms with Crippen molar-refractivity contribution in [2.45, 2.75) is 24.9 Å². The maximum atomic E-state index is 12.4. The molecule has 142 valence electrons. The summed E-state index contributed by atoms with van der Waals surface area (Å²) in [7, 11) is -12.8. The van der Waals surface area contributed by atoms with Gasteiger partial charge in [0.2, 0.25) is 0 Å². The third-order valence-electron chi connectivity index (χ3n) is 2.38.